The van der Waals surface area contributed by atoms with Gasteiger partial charge in [0.1, 0.15) is 0 Å². The molecular weight excluding hydrogens is 414 g/mol. The molecule has 0 saturated carbocycles. The van der Waals surface area contributed by atoms with E-state index in [-0.39, 0.29) is 11.9 Å². The molecule has 0 heterocycles. The van der Waals surface area contributed by atoms with E-state index < -0.39 is 0 Å². The first-order chi connectivity index (χ1) is 10.6. The fraction of sp³-hybridized carbons (Fsp3) is 0.125. The molecule has 114 valence electrons. The van der Waals surface area contributed by atoms with Crippen molar-refractivity contribution in [1.82, 2.24) is 0 Å². The van der Waals surface area contributed by atoms with Gasteiger partial charge in [0.2, 0.25) is 0 Å². The van der Waals surface area contributed by atoms with Crippen molar-refractivity contribution < 1.29 is 19.1 Å². The van der Waals surface area contributed by atoms with Gasteiger partial charge in [-0.3, -0.25) is 0 Å². The molecular formula is C16H14O4Se2. The monoisotopic (exact) mass is 430 g/mol. The Labute approximate surface area is 140 Å². The minimum atomic E-state index is -0.317. The molecule has 0 saturated heterocycles. The molecule has 0 atom stereocenters. The molecule has 0 spiro atoms. The molecule has 0 amide bonds. The normalized spacial score (nSPS) is 10.1. The molecule has 4 nitrogen and oxygen atoms in total. The molecule has 2 aromatic carbocycles. The predicted octanol–water partition coefficient (Wildman–Crippen LogP) is 0.534. The Bertz CT molecular complexity index is 591. The zero-order valence-corrected chi connectivity index (χ0v) is 15.5. The first kappa shape index (κ1) is 16.8. The van der Waals surface area contributed by atoms with E-state index in [2.05, 4.69) is 9.47 Å². The van der Waals surface area contributed by atoms with Crippen molar-refractivity contribution in [2.45, 2.75) is 0 Å². The summed E-state index contributed by atoms with van der Waals surface area (Å²) < 4.78 is 11.8. The van der Waals surface area contributed by atoms with Crippen LogP contribution in [0.1, 0.15) is 20.7 Å². The van der Waals surface area contributed by atoms with E-state index >= 15 is 0 Å². The number of carbonyl (C=O) groups is 2. The van der Waals surface area contributed by atoms with Crippen LogP contribution in [0.3, 0.4) is 0 Å². The number of hydrogen-bond donors (Lipinski definition) is 0. The van der Waals surface area contributed by atoms with Gasteiger partial charge < -0.3 is 0 Å². The predicted molar refractivity (Wildman–Crippen MR) is 86.3 cm³/mol. The number of rotatable bonds is 5. The molecule has 22 heavy (non-hydrogen) atoms. The maximum atomic E-state index is 11.4. The molecule has 0 fully saturated rings. The van der Waals surface area contributed by atoms with Crippen LogP contribution in [-0.2, 0) is 9.47 Å². The van der Waals surface area contributed by atoms with Gasteiger partial charge in [-0.05, 0) is 0 Å². The number of ether oxygens (including phenoxy) is 2. The van der Waals surface area contributed by atoms with Gasteiger partial charge in [-0.25, -0.2) is 0 Å². The van der Waals surface area contributed by atoms with Gasteiger partial charge in [0.25, 0.3) is 0 Å². The number of methoxy groups -OCH3 is 2. The zero-order valence-electron chi connectivity index (χ0n) is 12.1. The summed E-state index contributed by atoms with van der Waals surface area (Å²) in [6.07, 6.45) is 0. The average Bonchev–Trinajstić information content (AvgIpc) is 2.59. The second kappa shape index (κ2) is 8.16. The summed E-state index contributed by atoms with van der Waals surface area (Å²) >= 11 is 0.656. The Morgan fingerprint density at radius 2 is 1.00 bits per heavy atom. The van der Waals surface area contributed by atoms with Gasteiger partial charge in [-0.15, -0.1) is 0 Å². The van der Waals surface area contributed by atoms with E-state index in [0.717, 1.165) is 0 Å². The summed E-state index contributed by atoms with van der Waals surface area (Å²) in [5.41, 5.74) is 1.13. The van der Waals surface area contributed by atoms with Crippen molar-refractivity contribution in [2.24, 2.45) is 0 Å². The Balaban J connectivity index is 1.95. The van der Waals surface area contributed by atoms with E-state index in [0.29, 0.717) is 37.4 Å². The molecule has 0 N–H and O–H groups in total. The molecule has 0 aliphatic carbocycles. The fourth-order valence-corrected chi connectivity index (χ4v) is 7.59. The SMILES string of the molecule is COC(=O)c1ccc([Se][Se]c2ccc(C(=O)OC)cc2)cc1. The summed E-state index contributed by atoms with van der Waals surface area (Å²) in [7, 11) is 2.75. The Kier molecular flexibility index (Phi) is 6.22. The molecule has 2 rings (SSSR count). The van der Waals surface area contributed by atoms with Crippen molar-refractivity contribution in [2.75, 3.05) is 14.2 Å². The van der Waals surface area contributed by atoms with Gasteiger partial charge in [0.15, 0.2) is 0 Å². The van der Waals surface area contributed by atoms with Gasteiger partial charge in [0, 0.05) is 0 Å². The third-order valence-corrected chi connectivity index (χ3v) is 10.0. The van der Waals surface area contributed by atoms with Crippen LogP contribution in [0, 0.1) is 0 Å². The Hall–Kier alpha value is -1.58. The van der Waals surface area contributed by atoms with Crippen molar-refractivity contribution in [1.29, 1.82) is 0 Å². The second-order valence-corrected chi connectivity index (χ2v) is 10.5. The van der Waals surface area contributed by atoms with E-state index in [1.165, 1.54) is 23.1 Å². The van der Waals surface area contributed by atoms with Crippen LogP contribution in [0.25, 0.3) is 0 Å². The summed E-state index contributed by atoms with van der Waals surface area (Å²) in [6, 6.07) is 15.0. The van der Waals surface area contributed by atoms with Crippen LogP contribution < -0.4 is 8.92 Å². The summed E-state index contributed by atoms with van der Waals surface area (Å²) in [6.45, 7) is 0. The molecule has 6 heteroatoms. The van der Waals surface area contributed by atoms with Crippen molar-refractivity contribution in [3.05, 3.63) is 59.7 Å². The summed E-state index contributed by atoms with van der Waals surface area (Å²) in [5.74, 6) is -0.633. The number of benzene rings is 2. The van der Waals surface area contributed by atoms with Gasteiger partial charge in [0.05, 0.1) is 0 Å². The minimum absolute atomic E-state index is 0.317. The van der Waals surface area contributed by atoms with Crippen LogP contribution >= 0.6 is 0 Å². The number of carbonyl (C=O) groups excluding carboxylic acids is 2. The van der Waals surface area contributed by atoms with Gasteiger partial charge >= 0.3 is 140 Å². The van der Waals surface area contributed by atoms with E-state index in [1.54, 1.807) is 24.3 Å². The number of esters is 2. The molecule has 0 aliphatic heterocycles. The third-order valence-electron chi connectivity index (χ3n) is 2.78. The first-order valence-corrected chi connectivity index (χ1v) is 12.4. The molecule has 2 aromatic rings. The Morgan fingerprint density at radius 1 is 0.682 bits per heavy atom. The van der Waals surface area contributed by atoms with Crippen LogP contribution in [0.15, 0.2) is 48.5 Å². The zero-order chi connectivity index (χ0) is 15.9. The van der Waals surface area contributed by atoms with Crippen molar-refractivity contribution in [3.8, 4) is 0 Å². The molecule has 0 aromatic heterocycles. The fourth-order valence-electron chi connectivity index (χ4n) is 1.63. The van der Waals surface area contributed by atoms with Crippen LogP contribution in [0.5, 0.6) is 0 Å². The van der Waals surface area contributed by atoms with Crippen LogP contribution in [-0.4, -0.2) is 52.4 Å². The van der Waals surface area contributed by atoms with Crippen molar-refractivity contribution in [3.63, 3.8) is 0 Å². The van der Waals surface area contributed by atoms with Crippen LogP contribution in [0.2, 0.25) is 0 Å². The third kappa shape index (κ3) is 4.45. The second-order valence-electron chi connectivity index (χ2n) is 4.20. The first-order valence-electron chi connectivity index (χ1n) is 6.35. The van der Waals surface area contributed by atoms with Crippen molar-refractivity contribution >= 4 is 47.1 Å². The van der Waals surface area contributed by atoms with E-state index in [4.69, 9.17) is 0 Å². The van der Waals surface area contributed by atoms with Gasteiger partial charge in [-0.1, -0.05) is 0 Å². The number of hydrogen-bond acceptors (Lipinski definition) is 4. The van der Waals surface area contributed by atoms with Gasteiger partial charge in [-0.2, -0.15) is 0 Å². The quantitative estimate of drug-likeness (QED) is 0.516. The summed E-state index contributed by atoms with van der Waals surface area (Å²) in [5, 5.41) is 0. The molecule has 0 aliphatic rings. The topological polar surface area (TPSA) is 52.6 Å². The Morgan fingerprint density at radius 3 is 1.27 bits per heavy atom. The maximum absolute atomic E-state index is 11.4. The molecule has 0 bridgehead atoms. The summed E-state index contributed by atoms with van der Waals surface area (Å²) in [4.78, 5) is 22.7. The molecule has 0 unspecified atom stereocenters. The van der Waals surface area contributed by atoms with E-state index in [9.17, 15) is 9.59 Å². The average molecular weight is 428 g/mol. The standard InChI is InChI=1S/C16H14O4Se2/c1-19-15(17)11-3-7-13(8-4-11)21-22-14-9-5-12(6-10-14)16(18)20-2/h3-10H,1-2H3. The van der Waals surface area contributed by atoms with Crippen LogP contribution in [0.4, 0.5) is 0 Å². The molecule has 0 radical (unpaired) electrons. The van der Waals surface area contributed by atoms with E-state index in [1.807, 2.05) is 24.3 Å².